The molecule has 0 aliphatic heterocycles. The van der Waals surface area contributed by atoms with E-state index in [0.717, 1.165) is 10.8 Å². The third-order valence-electron chi connectivity index (χ3n) is 2.61. The van der Waals surface area contributed by atoms with Gasteiger partial charge in [-0.25, -0.2) is 8.42 Å². The molecule has 2 aromatic rings. The maximum atomic E-state index is 11.9. The molecule has 0 aliphatic carbocycles. The van der Waals surface area contributed by atoms with Gasteiger partial charge in [0.1, 0.15) is 0 Å². The van der Waals surface area contributed by atoms with Gasteiger partial charge in [0, 0.05) is 5.39 Å². The SMILES string of the molecule is CC(C)CS(=O)(=O)Nc1cccc2ccccc12. The number of sulfonamides is 1. The van der Waals surface area contributed by atoms with Crippen molar-refractivity contribution in [2.45, 2.75) is 13.8 Å². The van der Waals surface area contributed by atoms with Crippen molar-refractivity contribution in [3.05, 3.63) is 42.5 Å². The highest BCUT2D eigenvalue weighted by molar-refractivity contribution is 7.92. The molecule has 0 spiro atoms. The lowest BCUT2D eigenvalue weighted by Gasteiger charge is -2.12. The molecule has 0 aromatic heterocycles. The summed E-state index contributed by atoms with van der Waals surface area (Å²) in [6, 6.07) is 13.3. The lowest BCUT2D eigenvalue weighted by Crippen LogP contribution is -2.20. The number of nitrogens with one attached hydrogen (secondary N) is 1. The molecular weight excluding hydrogens is 246 g/mol. The molecule has 0 saturated carbocycles. The second-order valence-electron chi connectivity index (χ2n) is 4.80. The molecule has 0 heterocycles. The van der Waals surface area contributed by atoms with Crippen LogP contribution >= 0.6 is 0 Å². The molecule has 96 valence electrons. The normalized spacial score (nSPS) is 11.9. The van der Waals surface area contributed by atoms with Crippen LogP contribution in [-0.2, 0) is 10.0 Å². The lowest BCUT2D eigenvalue weighted by atomic mass is 10.1. The number of hydrogen-bond acceptors (Lipinski definition) is 2. The Morgan fingerprint density at radius 2 is 1.72 bits per heavy atom. The zero-order chi connectivity index (χ0) is 13.2. The number of benzene rings is 2. The summed E-state index contributed by atoms with van der Waals surface area (Å²) in [5, 5.41) is 1.95. The van der Waals surface area contributed by atoms with Crippen LogP contribution in [0.2, 0.25) is 0 Å². The highest BCUT2D eigenvalue weighted by Gasteiger charge is 2.13. The van der Waals surface area contributed by atoms with E-state index >= 15 is 0 Å². The molecule has 0 radical (unpaired) electrons. The fraction of sp³-hybridized carbons (Fsp3) is 0.286. The third-order valence-corrected chi connectivity index (χ3v) is 4.24. The van der Waals surface area contributed by atoms with Crippen LogP contribution in [0.15, 0.2) is 42.5 Å². The van der Waals surface area contributed by atoms with Crippen LogP contribution in [-0.4, -0.2) is 14.2 Å². The van der Waals surface area contributed by atoms with Crippen molar-refractivity contribution in [2.75, 3.05) is 10.5 Å². The van der Waals surface area contributed by atoms with Gasteiger partial charge in [0.15, 0.2) is 0 Å². The summed E-state index contributed by atoms with van der Waals surface area (Å²) >= 11 is 0. The fourth-order valence-electron chi connectivity index (χ4n) is 1.96. The zero-order valence-corrected chi connectivity index (χ0v) is 11.4. The van der Waals surface area contributed by atoms with Gasteiger partial charge in [0.25, 0.3) is 0 Å². The Bertz CT molecular complexity index is 642. The van der Waals surface area contributed by atoms with E-state index < -0.39 is 10.0 Å². The van der Waals surface area contributed by atoms with Crippen LogP contribution < -0.4 is 4.72 Å². The summed E-state index contributed by atoms with van der Waals surface area (Å²) in [7, 11) is -3.28. The number of fused-ring (bicyclic) bond motifs is 1. The molecule has 0 unspecified atom stereocenters. The van der Waals surface area contributed by atoms with E-state index in [9.17, 15) is 8.42 Å². The molecule has 0 atom stereocenters. The Balaban J connectivity index is 2.38. The lowest BCUT2D eigenvalue weighted by molar-refractivity contribution is 0.587. The molecule has 18 heavy (non-hydrogen) atoms. The molecule has 0 aliphatic rings. The van der Waals surface area contributed by atoms with Crippen LogP contribution in [0.25, 0.3) is 10.8 Å². The maximum absolute atomic E-state index is 11.9. The van der Waals surface area contributed by atoms with Gasteiger partial charge in [-0.1, -0.05) is 50.2 Å². The summed E-state index contributed by atoms with van der Waals surface area (Å²) in [6.07, 6.45) is 0. The topological polar surface area (TPSA) is 46.2 Å². The first-order valence-corrected chi connectivity index (χ1v) is 7.61. The summed E-state index contributed by atoms with van der Waals surface area (Å²) in [5.74, 6) is 0.244. The average molecular weight is 263 g/mol. The first kappa shape index (κ1) is 12.9. The van der Waals surface area contributed by atoms with Gasteiger partial charge in [-0.15, -0.1) is 0 Å². The highest BCUT2D eigenvalue weighted by atomic mass is 32.2. The van der Waals surface area contributed by atoms with Crippen LogP contribution in [0.3, 0.4) is 0 Å². The molecule has 0 bridgehead atoms. The standard InChI is InChI=1S/C14H17NO2S/c1-11(2)10-18(16,17)15-14-9-5-7-12-6-3-4-8-13(12)14/h3-9,11,15H,10H2,1-2H3. The van der Waals surface area contributed by atoms with Gasteiger partial charge in [0.05, 0.1) is 11.4 Å². The van der Waals surface area contributed by atoms with Gasteiger partial charge in [-0.3, -0.25) is 4.72 Å². The van der Waals surface area contributed by atoms with E-state index in [2.05, 4.69) is 4.72 Å². The van der Waals surface area contributed by atoms with Crippen molar-refractivity contribution in [3.63, 3.8) is 0 Å². The predicted molar refractivity (Wildman–Crippen MR) is 76.2 cm³/mol. The molecule has 3 nitrogen and oxygen atoms in total. The van der Waals surface area contributed by atoms with Gasteiger partial charge in [-0.2, -0.15) is 0 Å². The van der Waals surface area contributed by atoms with E-state index in [0.29, 0.717) is 5.69 Å². The summed E-state index contributed by atoms with van der Waals surface area (Å²) in [5.41, 5.74) is 0.647. The van der Waals surface area contributed by atoms with E-state index in [1.54, 1.807) is 6.07 Å². The number of rotatable bonds is 4. The van der Waals surface area contributed by atoms with Gasteiger partial charge in [-0.05, 0) is 17.4 Å². The van der Waals surface area contributed by atoms with E-state index in [4.69, 9.17) is 0 Å². The Kier molecular flexibility index (Phi) is 3.57. The Morgan fingerprint density at radius 1 is 1.06 bits per heavy atom. The second-order valence-corrected chi connectivity index (χ2v) is 6.57. The number of hydrogen-bond donors (Lipinski definition) is 1. The van der Waals surface area contributed by atoms with E-state index in [1.807, 2.05) is 50.2 Å². The van der Waals surface area contributed by atoms with Crippen molar-refractivity contribution in [1.29, 1.82) is 0 Å². The Hall–Kier alpha value is -1.55. The van der Waals surface area contributed by atoms with Crippen molar-refractivity contribution in [1.82, 2.24) is 0 Å². The monoisotopic (exact) mass is 263 g/mol. The third kappa shape index (κ3) is 3.01. The second kappa shape index (κ2) is 4.98. The largest absolute Gasteiger partial charge is 0.283 e. The molecule has 2 aromatic carbocycles. The first-order chi connectivity index (χ1) is 8.48. The molecule has 0 amide bonds. The summed E-state index contributed by atoms with van der Waals surface area (Å²) in [6.45, 7) is 3.78. The smallest absolute Gasteiger partial charge is 0.232 e. The Morgan fingerprint density at radius 3 is 2.44 bits per heavy atom. The highest BCUT2D eigenvalue weighted by Crippen LogP contribution is 2.24. The van der Waals surface area contributed by atoms with Gasteiger partial charge >= 0.3 is 0 Å². The molecule has 1 N–H and O–H groups in total. The average Bonchev–Trinajstić information content (AvgIpc) is 2.27. The zero-order valence-electron chi connectivity index (χ0n) is 10.6. The van der Waals surface area contributed by atoms with Gasteiger partial charge in [0.2, 0.25) is 10.0 Å². The van der Waals surface area contributed by atoms with Crippen molar-refractivity contribution in [3.8, 4) is 0 Å². The van der Waals surface area contributed by atoms with Crippen molar-refractivity contribution < 1.29 is 8.42 Å². The predicted octanol–water partition coefficient (Wildman–Crippen LogP) is 3.24. The van der Waals surface area contributed by atoms with E-state index in [-0.39, 0.29) is 11.7 Å². The molecule has 2 rings (SSSR count). The molecule has 0 saturated heterocycles. The maximum Gasteiger partial charge on any atom is 0.232 e. The van der Waals surface area contributed by atoms with E-state index in [1.165, 1.54) is 0 Å². The minimum Gasteiger partial charge on any atom is -0.283 e. The molecule has 0 fully saturated rings. The first-order valence-electron chi connectivity index (χ1n) is 5.96. The van der Waals surface area contributed by atoms with Crippen LogP contribution in [0, 0.1) is 5.92 Å². The van der Waals surface area contributed by atoms with Gasteiger partial charge < -0.3 is 0 Å². The molecule has 4 heteroatoms. The van der Waals surface area contributed by atoms with Crippen molar-refractivity contribution in [2.24, 2.45) is 5.92 Å². The quantitative estimate of drug-likeness (QED) is 0.920. The van der Waals surface area contributed by atoms with Crippen molar-refractivity contribution >= 4 is 26.5 Å². The summed E-state index contributed by atoms with van der Waals surface area (Å²) < 4.78 is 26.6. The van der Waals surface area contributed by atoms with Crippen LogP contribution in [0.1, 0.15) is 13.8 Å². The fourth-order valence-corrected chi connectivity index (χ4v) is 3.44. The Labute approximate surface area is 108 Å². The molecular formula is C14H17NO2S. The van der Waals surface area contributed by atoms with Crippen LogP contribution in [0.4, 0.5) is 5.69 Å². The minimum atomic E-state index is -3.28. The minimum absolute atomic E-state index is 0.109. The van der Waals surface area contributed by atoms with Crippen LogP contribution in [0.5, 0.6) is 0 Å². The number of anilines is 1. The summed E-state index contributed by atoms with van der Waals surface area (Å²) in [4.78, 5) is 0.